The number of aliphatic hydroxyl groups excluding tert-OH is 2. The van der Waals surface area contributed by atoms with E-state index < -0.39 is 6.10 Å². The molecule has 0 aliphatic carbocycles. The molecule has 5 nitrogen and oxygen atoms in total. The summed E-state index contributed by atoms with van der Waals surface area (Å²) < 4.78 is 0. The molecule has 1 aromatic carbocycles. The third kappa shape index (κ3) is 5.03. The first kappa shape index (κ1) is 17.9. The number of carbonyl (C=O) groups excluding carboxylic acids is 1. The smallest absolute Gasteiger partial charge is 0.219 e. The lowest BCUT2D eigenvalue weighted by molar-refractivity contribution is -0.121. The number of aliphatic hydroxyl groups is 2. The molecule has 1 fully saturated rings. The number of benzene rings is 1. The molecule has 5 heteroatoms. The minimum atomic E-state index is -0.574. The van der Waals surface area contributed by atoms with Crippen LogP contribution in [-0.2, 0) is 11.2 Å². The first-order chi connectivity index (χ1) is 11.1. The Morgan fingerprint density at radius 1 is 1.39 bits per heavy atom. The van der Waals surface area contributed by atoms with Gasteiger partial charge in [0.1, 0.15) is 0 Å². The largest absolute Gasteiger partial charge is 0.395 e. The molecule has 1 heterocycles. The Labute approximate surface area is 138 Å². The van der Waals surface area contributed by atoms with Crippen LogP contribution in [0.25, 0.3) is 0 Å². The van der Waals surface area contributed by atoms with Gasteiger partial charge in [-0.05, 0) is 31.2 Å². The van der Waals surface area contributed by atoms with Crippen molar-refractivity contribution in [2.75, 3.05) is 13.2 Å². The summed E-state index contributed by atoms with van der Waals surface area (Å²) in [5.41, 5.74) is 0.948. The topological polar surface area (TPSA) is 81.6 Å². The van der Waals surface area contributed by atoms with Gasteiger partial charge in [0.25, 0.3) is 0 Å². The van der Waals surface area contributed by atoms with Crippen LogP contribution in [0.1, 0.15) is 38.2 Å². The van der Waals surface area contributed by atoms with Crippen LogP contribution in [-0.4, -0.2) is 47.0 Å². The van der Waals surface area contributed by atoms with Crippen molar-refractivity contribution in [2.45, 2.75) is 56.7 Å². The van der Waals surface area contributed by atoms with Gasteiger partial charge in [-0.1, -0.05) is 37.3 Å². The van der Waals surface area contributed by atoms with Gasteiger partial charge in [0, 0.05) is 18.5 Å². The van der Waals surface area contributed by atoms with Crippen LogP contribution in [0.2, 0.25) is 0 Å². The van der Waals surface area contributed by atoms with E-state index in [0.29, 0.717) is 19.4 Å². The number of rotatable bonds is 8. The molecule has 0 radical (unpaired) electrons. The fourth-order valence-electron chi connectivity index (χ4n) is 3.31. The van der Waals surface area contributed by atoms with Gasteiger partial charge < -0.3 is 20.8 Å². The van der Waals surface area contributed by atoms with Gasteiger partial charge in [-0.25, -0.2) is 0 Å². The molecule has 4 N–H and O–H groups in total. The molecule has 3 atom stereocenters. The zero-order valence-electron chi connectivity index (χ0n) is 13.8. The Kier molecular flexibility index (Phi) is 6.57. The molecule has 0 spiro atoms. The molecule has 1 aliphatic rings. The summed E-state index contributed by atoms with van der Waals surface area (Å²) in [7, 11) is 0. The van der Waals surface area contributed by atoms with Crippen molar-refractivity contribution in [2.24, 2.45) is 0 Å². The van der Waals surface area contributed by atoms with Gasteiger partial charge in [0.05, 0.1) is 18.8 Å². The van der Waals surface area contributed by atoms with E-state index in [0.717, 1.165) is 19.3 Å². The highest BCUT2D eigenvalue weighted by Gasteiger charge is 2.43. The Balaban J connectivity index is 1.95. The van der Waals surface area contributed by atoms with E-state index in [2.05, 4.69) is 22.8 Å². The van der Waals surface area contributed by atoms with Crippen LogP contribution in [0.3, 0.4) is 0 Å². The van der Waals surface area contributed by atoms with Crippen LogP contribution in [0.15, 0.2) is 30.3 Å². The van der Waals surface area contributed by atoms with Gasteiger partial charge in [0.15, 0.2) is 0 Å². The van der Waals surface area contributed by atoms with E-state index in [1.165, 1.54) is 5.56 Å². The standard InChI is InChI=1S/C18H28N2O3/c1-2-17(23)19-13-18(11-16(22)15(12-21)20-18)10-6-9-14-7-4-3-5-8-14/h3-5,7-8,15-16,20-22H,2,6,9-13H2,1H3,(H,19,23)/t15-,16+,18+/m1/s1. The third-order valence-electron chi connectivity index (χ3n) is 4.66. The molecule has 23 heavy (non-hydrogen) atoms. The van der Waals surface area contributed by atoms with E-state index in [-0.39, 0.29) is 24.1 Å². The van der Waals surface area contributed by atoms with Gasteiger partial charge >= 0.3 is 0 Å². The van der Waals surface area contributed by atoms with Gasteiger partial charge in [0.2, 0.25) is 5.91 Å². The molecule has 1 saturated heterocycles. The maximum Gasteiger partial charge on any atom is 0.219 e. The normalized spacial score (nSPS) is 27.1. The van der Waals surface area contributed by atoms with Crippen molar-refractivity contribution in [1.82, 2.24) is 10.6 Å². The summed E-state index contributed by atoms with van der Waals surface area (Å²) in [5.74, 6) is 0.0103. The maximum atomic E-state index is 11.6. The Morgan fingerprint density at radius 2 is 2.13 bits per heavy atom. The molecule has 1 aromatic rings. The van der Waals surface area contributed by atoms with E-state index in [1.54, 1.807) is 0 Å². The first-order valence-electron chi connectivity index (χ1n) is 8.46. The summed E-state index contributed by atoms with van der Waals surface area (Å²) in [6.07, 6.45) is 3.20. The number of aryl methyl sites for hydroxylation is 1. The Hall–Kier alpha value is -1.43. The van der Waals surface area contributed by atoms with Crippen molar-refractivity contribution in [3.63, 3.8) is 0 Å². The highest BCUT2D eigenvalue weighted by atomic mass is 16.3. The van der Waals surface area contributed by atoms with Crippen LogP contribution in [0.5, 0.6) is 0 Å². The predicted octanol–water partition coefficient (Wildman–Crippen LogP) is 0.989. The highest BCUT2D eigenvalue weighted by molar-refractivity contribution is 5.75. The molecule has 0 unspecified atom stereocenters. The third-order valence-corrected chi connectivity index (χ3v) is 4.66. The summed E-state index contributed by atoms with van der Waals surface area (Å²) in [4.78, 5) is 11.6. The zero-order chi connectivity index (χ0) is 16.7. The van der Waals surface area contributed by atoms with Crippen LogP contribution in [0.4, 0.5) is 0 Å². The fraction of sp³-hybridized carbons (Fsp3) is 0.611. The second-order valence-corrected chi connectivity index (χ2v) is 6.45. The van der Waals surface area contributed by atoms with Crippen LogP contribution >= 0.6 is 0 Å². The summed E-state index contributed by atoms with van der Waals surface area (Å²) in [5, 5.41) is 25.8. The molecule has 0 aromatic heterocycles. The summed E-state index contributed by atoms with van der Waals surface area (Å²) in [6.45, 7) is 2.22. The molecular weight excluding hydrogens is 292 g/mol. The fourth-order valence-corrected chi connectivity index (χ4v) is 3.31. The SMILES string of the molecule is CCC(=O)NC[C@]1(CCCc2ccccc2)C[C@H](O)[C@@H](CO)N1. The monoisotopic (exact) mass is 320 g/mol. The predicted molar refractivity (Wildman–Crippen MR) is 90.0 cm³/mol. The van der Waals surface area contributed by atoms with Gasteiger partial charge in [-0.2, -0.15) is 0 Å². The number of nitrogens with one attached hydrogen (secondary N) is 2. The number of carbonyl (C=O) groups is 1. The maximum absolute atomic E-state index is 11.6. The highest BCUT2D eigenvalue weighted by Crippen LogP contribution is 2.28. The molecule has 1 amide bonds. The summed E-state index contributed by atoms with van der Waals surface area (Å²) in [6, 6.07) is 9.98. The lowest BCUT2D eigenvalue weighted by Crippen LogP contribution is -2.52. The number of amides is 1. The van der Waals surface area contributed by atoms with Crippen LogP contribution in [0, 0.1) is 0 Å². The lowest BCUT2D eigenvalue weighted by Gasteiger charge is -2.31. The average molecular weight is 320 g/mol. The van der Waals surface area contributed by atoms with E-state index in [9.17, 15) is 15.0 Å². The second kappa shape index (κ2) is 8.43. The molecular formula is C18H28N2O3. The van der Waals surface area contributed by atoms with Crippen molar-refractivity contribution in [3.05, 3.63) is 35.9 Å². The molecule has 1 aliphatic heterocycles. The average Bonchev–Trinajstić information content (AvgIpc) is 2.90. The van der Waals surface area contributed by atoms with Crippen molar-refractivity contribution < 1.29 is 15.0 Å². The van der Waals surface area contributed by atoms with Gasteiger partial charge in [-0.15, -0.1) is 0 Å². The lowest BCUT2D eigenvalue weighted by atomic mass is 9.89. The van der Waals surface area contributed by atoms with Crippen LogP contribution < -0.4 is 10.6 Å². The Morgan fingerprint density at radius 3 is 2.74 bits per heavy atom. The van der Waals surface area contributed by atoms with E-state index in [1.807, 2.05) is 25.1 Å². The van der Waals surface area contributed by atoms with E-state index >= 15 is 0 Å². The summed E-state index contributed by atoms with van der Waals surface area (Å²) >= 11 is 0. The zero-order valence-corrected chi connectivity index (χ0v) is 13.8. The quantitative estimate of drug-likeness (QED) is 0.576. The molecule has 0 saturated carbocycles. The molecule has 0 bridgehead atoms. The second-order valence-electron chi connectivity index (χ2n) is 6.45. The van der Waals surface area contributed by atoms with Crippen molar-refractivity contribution in [1.29, 1.82) is 0 Å². The van der Waals surface area contributed by atoms with Gasteiger partial charge in [-0.3, -0.25) is 4.79 Å². The minimum absolute atomic E-state index is 0.0103. The Bertz CT molecular complexity index is 494. The van der Waals surface area contributed by atoms with E-state index in [4.69, 9.17) is 0 Å². The molecule has 2 rings (SSSR count). The van der Waals surface area contributed by atoms with Crippen molar-refractivity contribution in [3.8, 4) is 0 Å². The minimum Gasteiger partial charge on any atom is -0.395 e. The number of hydrogen-bond donors (Lipinski definition) is 4. The molecule has 128 valence electrons. The number of hydrogen-bond acceptors (Lipinski definition) is 4. The van der Waals surface area contributed by atoms with Crippen molar-refractivity contribution >= 4 is 5.91 Å². The first-order valence-corrected chi connectivity index (χ1v) is 8.46.